The summed E-state index contributed by atoms with van der Waals surface area (Å²) in [6, 6.07) is 7.76. The lowest BCUT2D eigenvalue weighted by Gasteiger charge is -2.27. The van der Waals surface area contributed by atoms with Gasteiger partial charge in [-0.15, -0.1) is 0 Å². The zero-order chi connectivity index (χ0) is 19.8. The van der Waals surface area contributed by atoms with Crippen molar-refractivity contribution in [1.29, 1.82) is 0 Å². The third kappa shape index (κ3) is 12.2. The van der Waals surface area contributed by atoms with Gasteiger partial charge >= 0.3 is 0 Å². The van der Waals surface area contributed by atoms with Crippen LogP contribution in [0.3, 0.4) is 0 Å². The largest absolute Gasteiger partial charge is 0.299 e. The maximum atomic E-state index is 11.7. The Labute approximate surface area is 162 Å². The number of halogens is 1. The smallest absolute Gasteiger partial charge is 0.135 e. The first-order chi connectivity index (χ1) is 11.9. The van der Waals surface area contributed by atoms with Crippen molar-refractivity contribution < 1.29 is 4.79 Å². The quantitative estimate of drug-likeness (QED) is 0.452. The summed E-state index contributed by atoms with van der Waals surface area (Å²) in [4.78, 5) is 11.7. The summed E-state index contributed by atoms with van der Waals surface area (Å²) in [5.74, 6) is 1.97. The molecular weight excluding hydrogens is 328 g/mol. The number of carbonyl (C=O) groups is 1. The summed E-state index contributed by atoms with van der Waals surface area (Å²) >= 11 is 5.64. The number of ketones is 1. The van der Waals surface area contributed by atoms with E-state index in [1.807, 2.05) is 52.0 Å². The molecule has 0 fully saturated rings. The molecule has 0 aliphatic heterocycles. The van der Waals surface area contributed by atoms with Gasteiger partial charge in [-0.1, -0.05) is 97.9 Å². The number of aryl methyl sites for hydroxylation is 1. The van der Waals surface area contributed by atoms with Gasteiger partial charge in [0, 0.05) is 17.4 Å². The summed E-state index contributed by atoms with van der Waals surface area (Å²) in [6.45, 7) is 16.8. The maximum Gasteiger partial charge on any atom is 0.135 e. The van der Waals surface area contributed by atoms with Gasteiger partial charge in [-0.25, -0.2) is 0 Å². The summed E-state index contributed by atoms with van der Waals surface area (Å²) < 4.78 is 0. The average molecular weight is 369 g/mol. The SMILES string of the molecule is CC.CCCC(CCC)C(C)C(C)C(=O)CC.Cc1cccc(Cl)c1. The number of Topliss-reactive ketones (excluding diaryl/α,β-unsaturated/α-hetero) is 1. The molecule has 0 saturated carbocycles. The third-order valence-corrected chi connectivity index (χ3v) is 4.92. The topological polar surface area (TPSA) is 17.1 Å². The Morgan fingerprint density at radius 1 is 1.04 bits per heavy atom. The Balaban J connectivity index is 0. The fourth-order valence-electron chi connectivity index (χ4n) is 3.04. The lowest BCUT2D eigenvalue weighted by molar-refractivity contribution is -0.124. The first-order valence-corrected chi connectivity index (χ1v) is 10.5. The number of hydrogen-bond donors (Lipinski definition) is 0. The van der Waals surface area contributed by atoms with Gasteiger partial charge < -0.3 is 0 Å². The number of carbonyl (C=O) groups excluding carboxylic acids is 1. The van der Waals surface area contributed by atoms with E-state index in [4.69, 9.17) is 11.6 Å². The minimum Gasteiger partial charge on any atom is -0.299 e. The molecule has 0 N–H and O–H groups in total. The zero-order valence-electron chi connectivity index (χ0n) is 17.9. The standard InChI is InChI=1S/C14H28O.C7H7Cl.C2H6/c1-6-9-13(10-7-2)11(4)12(5)14(15)8-3;1-6-3-2-4-7(8)5-6;1-2/h11-13H,6-10H2,1-5H3;2-5H,1H3;1-2H3. The van der Waals surface area contributed by atoms with E-state index in [2.05, 4.69) is 27.7 Å². The van der Waals surface area contributed by atoms with Crippen molar-refractivity contribution in [1.82, 2.24) is 0 Å². The van der Waals surface area contributed by atoms with Crippen molar-refractivity contribution in [3.8, 4) is 0 Å². The first kappa shape index (κ1) is 26.4. The van der Waals surface area contributed by atoms with Gasteiger partial charge in [0.25, 0.3) is 0 Å². The number of hydrogen-bond acceptors (Lipinski definition) is 1. The first-order valence-electron chi connectivity index (χ1n) is 10.1. The lowest BCUT2D eigenvalue weighted by Crippen LogP contribution is -2.25. The summed E-state index contributed by atoms with van der Waals surface area (Å²) in [5, 5.41) is 0.810. The molecule has 0 bridgehead atoms. The van der Waals surface area contributed by atoms with E-state index in [0.717, 1.165) is 10.9 Å². The lowest BCUT2D eigenvalue weighted by atomic mass is 9.77. The fourth-order valence-corrected chi connectivity index (χ4v) is 3.29. The molecule has 2 atom stereocenters. The predicted octanol–water partition coefficient (Wildman–Crippen LogP) is 8.13. The Bertz CT molecular complexity index is 418. The van der Waals surface area contributed by atoms with Crippen LogP contribution >= 0.6 is 11.6 Å². The molecule has 1 aromatic carbocycles. The van der Waals surface area contributed by atoms with Gasteiger partial charge in [0.2, 0.25) is 0 Å². The van der Waals surface area contributed by atoms with Crippen LogP contribution in [-0.4, -0.2) is 5.78 Å². The van der Waals surface area contributed by atoms with Crippen LogP contribution in [0, 0.1) is 24.7 Å². The normalized spacial score (nSPS) is 12.4. The van der Waals surface area contributed by atoms with Crippen molar-refractivity contribution in [2.75, 3.05) is 0 Å². The van der Waals surface area contributed by atoms with E-state index < -0.39 is 0 Å². The highest BCUT2D eigenvalue weighted by Crippen LogP contribution is 2.29. The average Bonchev–Trinajstić information content (AvgIpc) is 2.61. The molecule has 0 heterocycles. The van der Waals surface area contributed by atoms with E-state index in [0.29, 0.717) is 18.1 Å². The second-order valence-electron chi connectivity index (χ2n) is 6.60. The maximum absolute atomic E-state index is 11.7. The molecule has 25 heavy (non-hydrogen) atoms. The van der Waals surface area contributed by atoms with Gasteiger partial charge in [0.15, 0.2) is 0 Å². The van der Waals surface area contributed by atoms with Crippen LogP contribution in [0.4, 0.5) is 0 Å². The number of benzene rings is 1. The van der Waals surface area contributed by atoms with Gasteiger partial charge in [-0.05, 0) is 36.5 Å². The molecule has 0 aliphatic rings. The molecule has 0 saturated heterocycles. The van der Waals surface area contributed by atoms with Crippen LogP contribution in [0.1, 0.15) is 86.1 Å². The van der Waals surface area contributed by atoms with Crippen LogP contribution in [0.5, 0.6) is 0 Å². The molecule has 1 aromatic rings. The molecule has 0 aliphatic carbocycles. The van der Waals surface area contributed by atoms with Gasteiger partial charge in [0.05, 0.1) is 0 Å². The van der Waals surface area contributed by atoms with E-state index in [1.54, 1.807) is 0 Å². The van der Waals surface area contributed by atoms with E-state index in [9.17, 15) is 4.79 Å². The van der Waals surface area contributed by atoms with Crippen LogP contribution in [0.25, 0.3) is 0 Å². The van der Waals surface area contributed by atoms with Crippen molar-refractivity contribution >= 4 is 17.4 Å². The van der Waals surface area contributed by atoms with Crippen LogP contribution in [0.2, 0.25) is 5.02 Å². The van der Waals surface area contributed by atoms with Crippen LogP contribution in [-0.2, 0) is 4.79 Å². The second kappa shape index (κ2) is 16.6. The highest BCUT2D eigenvalue weighted by molar-refractivity contribution is 6.30. The predicted molar refractivity (Wildman–Crippen MR) is 114 cm³/mol. The summed E-state index contributed by atoms with van der Waals surface area (Å²) in [6.07, 6.45) is 5.72. The fraction of sp³-hybridized carbons (Fsp3) is 0.696. The van der Waals surface area contributed by atoms with E-state index in [-0.39, 0.29) is 5.92 Å². The minimum absolute atomic E-state index is 0.248. The number of rotatable bonds is 8. The molecule has 1 nitrogen and oxygen atoms in total. The van der Waals surface area contributed by atoms with Gasteiger partial charge in [0.1, 0.15) is 5.78 Å². The van der Waals surface area contributed by atoms with Crippen molar-refractivity contribution in [2.24, 2.45) is 17.8 Å². The van der Waals surface area contributed by atoms with E-state index >= 15 is 0 Å². The Kier molecular flexibility index (Phi) is 17.6. The second-order valence-corrected chi connectivity index (χ2v) is 7.04. The van der Waals surface area contributed by atoms with Crippen LogP contribution < -0.4 is 0 Å². The molecule has 1 rings (SSSR count). The molecule has 2 unspecified atom stereocenters. The zero-order valence-corrected chi connectivity index (χ0v) is 18.6. The molecular formula is C23H41ClO. The third-order valence-electron chi connectivity index (χ3n) is 4.69. The molecule has 0 spiro atoms. The minimum atomic E-state index is 0.248. The van der Waals surface area contributed by atoms with Crippen molar-refractivity contribution in [3.63, 3.8) is 0 Å². The monoisotopic (exact) mass is 368 g/mol. The van der Waals surface area contributed by atoms with Gasteiger partial charge in [-0.3, -0.25) is 4.79 Å². The van der Waals surface area contributed by atoms with Crippen LogP contribution in [0.15, 0.2) is 24.3 Å². The molecule has 146 valence electrons. The highest BCUT2D eigenvalue weighted by Gasteiger charge is 2.25. The molecule has 2 heteroatoms. The highest BCUT2D eigenvalue weighted by atomic mass is 35.5. The molecule has 0 radical (unpaired) electrons. The van der Waals surface area contributed by atoms with Crippen molar-refractivity contribution in [3.05, 3.63) is 34.9 Å². The molecule has 0 amide bonds. The Morgan fingerprint density at radius 3 is 1.88 bits per heavy atom. The van der Waals surface area contributed by atoms with E-state index in [1.165, 1.54) is 31.2 Å². The van der Waals surface area contributed by atoms with Gasteiger partial charge in [-0.2, -0.15) is 0 Å². The Hall–Kier alpha value is -0.820. The summed E-state index contributed by atoms with van der Waals surface area (Å²) in [7, 11) is 0. The summed E-state index contributed by atoms with van der Waals surface area (Å²) in [5.41, 5.74) is 1.21. The Morgan fingerprint density at radius 2 is 1.56 bits per heavy atom. The molecule has 0 aromatic heterocycles. The van der Waals surface area contributed by atoms with Crippen molar-refractivity contribution in [2.45, 2.75) is 87.5 Å².